The first-order valence-electron chi connectivity index (χ1n) is 8.51. The Kier molecular flexibility index (Phi) is 2.88. The van der Waals surface area contributed by atoms with Crippen LogP contribution in [0.25, 0.3) is 21.8 Å². The first-order chi connectivity index (χ1) is 11.8. The number of likely N-dealkylation sites (tertiary alicyclic amines) is 1. The third-order valence-corrected chi connectivity index (χ3v) is 5.69. The number of fused-ring (bicyclic) bond motifs is 4. The Bertz CT molecular complexity index is 894. The molecule has 5 heteroatoms. The summed E-state index contributed by atoms with van der Waals surface area (Å²) in [7, 11) is 0. The van der Waals surface area contributed by atoms with Crippen LogP contribution < -0.4 is 11.3 Å². The summed E-state index contributed by atoms with van der Waals surface area (Å²) in [4.78, 5) is 13.9. The highest BCUT2D eigenvalue weighted by Gasteiger charge is 2.50. The number of nitrogens with zero attached hydrogens (tertiary/aromatic N) is 2. The smallest absolute Gasteiger partial charge is 0.331 e. The molecule has 0 radical (unpaired) electrons. The van der Waals surface area contributed by atoms with Crippen LogP contribution in [-0.2, 0) is 0 Å². The molecule has 3 aromatic rings. The molecule has 1 aliphatic heterocycles. The zero-order chi connectivity index (χ0) is 16.3. The van der Waals surface area contributed by atoms with E-state index in [0.717, 1.165) is 6.54 Å². The first-order valence-corrected chi connectivity index (χ1v) is 8.51. The first kappa shape index (κ1) is 13.9. The van der Waals surface area contributed by atoms with Crippen molar-refractivity contribution in [2.75, 3.05) is 13.1 Å². The largest absolute Gasteiger partial charge is 0.335 e. The molecule has 0 spiro atoms. The van der Waals surface area contributed by atoms with E-state index in [1.165, 1.54) is 28.2 Å². The second kappa shape index (κ2) is 4.98. The van der Waals surface area contributed by atoms with Gasteiger partial charge in [0, 0.05) is 34.9 Å². The third-order valence-electron chi connectivity index (χ3n) is 5.69. The van der Waals surface area contributed by atoms with Gasteiger partial charge in [0.2, 0.25) is 0 Å². The average Bonchev–Trinajstić information content (AvgIpc) is 3.35. The highest BCUT2D eigenvalue weighted by molar-refractivity contribution is 6.08. The molecule has 1 saturated heterocycles. The normalized spacial score (nSPS) is 25.7. The molecule has 2 fully saturated rings. The predicted octanol–water partition coefficient (Wildman–Crippen LogP) is 2.87. The number of urea groups is 1. The Labute approximate surface area is 140 Å². The SMILES string of the molecule is NNC(=O)N1CC2CC2[C@@H](n2c3ccccc3c3ccccc32)C1. The number of hydrogen-bond acceptors (Lipinski definition) is 2. The summed E-state index contributed by atoms with van der Waals surface area (Å²) in [5.41, 5.74) is 4.80. The molecule has 122 valence electrons. The van der Waals surface area contributed by atoms with Gasteiger partial charge in [-0.3, -0.25) is 5.43 Å². The third kappa shape index (κ3) is 1.88. The summed E-state index contributed by atoms with van der Waals surface area (Å²) in [6, 6.07) is 17.3. The fourth-order valence-corrected chi connectivity index (χ4v) is 4.51. The van der Waals surface area contributed by atoms with E-state index in [0.29, 0.717) is 24.4 Å². The van der Waals surface area contributed by atoms with Crippen molar-refractivity contribution in [3.63, 3.8) is 0 Å². The van der Waals surface area contributed by atoms with Crippen molar-refractivity contribution in [3.8, 4) is 0 Å². The lowest BCUT2D eigenvalue weighted by atomic mass is 10.0. The molecule has 24 heavy (non-hydrogen) atoms. The Morgan fingerprint density at radius 1 is 1.00 bits per heavy atom. The molecule has 0 bridgehead atoms. The quantitative estimate of drug-likeness (QED) is 0.411. The second-order valence-corrected chi connectivity index (χ2v) is 6.99. The van der Waals surface area contributed by atoms with Crippen LogP contribution in [0.4, 0.5) is 4.79 Å². The minimum Gasteiger partial charge on any atom is -0.335 e. The maximum absolute atomic E-state index is 12.1. The zero-order valence-electron chi connectivity index (χ0n) is 13.4. The van der Waals surface area contributed by atoms with Gasteiger partial charge < -0.3 is 9.47 Å². The number of piperidine rings is 1. The van der Waals surface area contributed by atoms with E-state index < -0.39 is 0 Å². The Hall–Kier alpha value is -2.53. The van der Waals surface area contributed by atoms with Gasteiger partial charge in [-0.2, -0.15) is 0 Å². The lowest BCUT2D eigenvalue weighted by molar-refractivity contribution is 0.164. The van der Waals surface area contributed by atoms with Crippen LogP contribution >= 0.6 is 0 Å². The fourth-order valence-electron chi connectivity index (χ4n) is 4.51. The van der Waals surface area contributed by atoms with Gasteiger partial charge in [0.25, 0.3) is 0 Å². The molecule has 2 unspecified atom stereocenters. The maximum Gasteiger partial charge on any atom is 0.331 e. The van der Waals surface area contributed by atoms with Crippen LogP contribution in [0.2, 0.25) is 0 Å². The summed E-state index contributed by atoms with van der Waals surface area (Å²) in [5, 5.41) is 2.57. The van der Waals surface area contributed by atoms with Crippen molar-refractivity contribution in [1.29, 1.82) is 0 Å². The highest BCUT2D eigenvalue weighted by Crippen LogP contribution is 2.52. The van der Waals surface area contributed by atoms with Crippen LogP contribution in [0.5, 0.6) is 0 Å². The molecular weight excluding hydrogens is 300 g/mol. The van der Waals surface area contributed by atoms with Crippen molar-refractivity contribution in [1.82, 2.24) is 14.9 Å². The number of carbonyl (C=O) groups is 1. The Balaban J connectivity index is 1.69. The number of rotatable bonds is 1. The molecule has 2 aromatic carbocycles. The van der Waals surface area contributed by atoms with Gasteiger partial charge in [0.15, 0.2) is 0 Å². The molecule has 2 aliphatic rings. The van der Waals surface area contributed by atoms with Crippen molar-refractivity contribution in [2.24, 2.45) is 17.7 Å². The number of nitrogens with two attached hydrogens (primary N) is 1. The van der Waals surface area contributed by atoms with Gasteiger partial charge in [0.05, 0.1) is 6.04 Å². The van der Waals surface area contributed by atoms with E-state index in [9.17, 15) is 4.79 Å². The lowest BCUT2D eigenvalue weighted by Crippen LogP contribution is -2.49. The lowest BCUT2D eigenvalue weighted by Gasteiger charge is -2.33. The summed E-state index contributed by atoms with van der Waals surface area (Å²) in [5.74, 6) is 6.62. The van der Waals surface area contributed by atoms with E-state index in [1.807, 2.05) is 4.90 Å². The molecule has 2 heterocycles. The summed E-state index contributed by atoms with van der Waals surface area (Å²) >= 11 is 0. The average molecular weight is 320 g/mol. The molecule has 3 atom stereocenters. The number of hydrogen-bond donors (Lipinski definition) is 2. The monoisotopic (exact) mass is 320 g/mol. The van der Waals surface area contributed by atoms with Gasteiger partial charge in [-0.15, -0.1) is 0 Å². The summed E-state index contributed by atoms with van der Waals surface area (Å²) < 4.78 is 2.45. The standard InChI is InChI=1S/C19H20N4O/c20-21-19(24)22-10-12-9-15(12)18(11-22)23-16-7-3-1-5-13(16)14-6-2-4-8-17(14)23/h1-8,12,15,18H,9-11,20H2,(H,21,24)/t12?,15?,18-/m0/s1. The predicted molar refractivity (Wildman–Crippen MR) is 94.4 cm³/mol. The number of aromatic nitrogens is 1. The fraction of sp³-hybridized carbons (Fsp3) is 0.316. The molecule has 5 rings (SSSR count). The molecule has 1 aliphatic carbocycles. The highest BCUT2D eigenvalue weighted by atomic mass is 16.2. The Morgan fingerprint density at radius 2 is 1.62 bits per heavy atom. The van der Waals surface area contributed by atoms with E-state index in [4.69, 9.17) is 5.84 Å². The van der Waals surface area contributed by atoms with Gasteiger partial charge in [-0.25, -0.2) is 10.6 Å². The van der Waals surface area contributed by atoms with Gasteiger partial charge in [-0.05, 0) is 30.4 Å². The van der Waals surface area contributed by atoms with Crippen molar-refractivity contribution < 1.29 is 4.79 Å². The molecule has 1 aromatic heterocycles. The van der Waals surface area contributed by atoms with Crippen molar-refractivity contribution in [2.45, 2.75) is 12.5 Å². The number of amides is 2. The van der Waals surface area contributed by atoms with Crippen LogP contribution in [-0.4, -0.2) is 28.6 Å². The van der Waals surface area contributed by atoms with Gasteiger partial charge in [0.1, 0.15) is 0 Å². The number of para-hydroxylation sites is 2. The van der Waals surface area contributed by atoms with Crippen molar-refractivity contribution >= 4 is 27.8 Å². The van der Waals surface area contributed by atoms with E-state index in [-0.39, 0.29) is 6.03 Å². The number of nitrogens with one attached hydrogen (secondary N) is 1. The minimum absolute atomic E-state index is 0.175. The molecule has 2 amide bonds. The summed E-state index contributed by atoms with van der Waals surface area (Å²) in [6.45, 7) is 1.54. The number of carbonyl (C=O) groups excluding carboxylic acids is 1. The molecule has 3 N–H and O–H groups in total. The Morgan fingerprint density at radius 3 is 2.25 bits per heavy atom. The van der Waals surface area contributed by atoms with Crippen LogP contribution in [0.3, 0.4) is 0 Å². The van der Waals surface area contributed by atoms with E-state index in [2.05, 4.69) is 58.5 Å². The molecular formula is C19H20N4O. The topological polar surface area (TPSA) is 63.3 Å². The number of benzene rings is 2. The minimum atomic E-state index is -0.175. The van der Waals surface area contributed by atoms with Crippen LogP contribution in [0.15, 0.2) is 48.5 Å². The van der Waals surface area contributed by atoms with Gasteiger partial charge >= 0.3 is 6.03 Å². The maximum atomic E-state index is 12.1. The van der Waals surface area contributed by atoms with E-state index >= 15 is 0 Å². The second-order valence-electron chi connectivity index (χ2n) is 6.99. The molecule has 5 nitrogen and oxygen atoms in total. The van der Waals surface area contributed by atoms with Crippen LogP contribution in [0, 0.1) is 11.8 Å². The molecule has 1 saturated carbocycles. The van der Waals surface area contributed by atoms with Crippen LogP contribution in [0.1, 0.15) is 12.5 Å². The summed E-state index contributed by atoms with van der Waals surface area (Å²) in [6.07, 6.45) is 1.19. The van der Waals surface area contributed by atoms with E-state index in [1.54, 1.807) is 0 Å². The zero-order valence-corrected chi connectivity index (χ0v) is 13.4. The van der Waals surface area contributed by atoms with Gasteiger partial charge in [-0.1, -0.05) is 36.4 Å². The number of hydrazine groups is 1. The van der Waals surface area contributed by atoms with Crippen molar-refractivity contribution in [3.05, 3.63) is 48.5 Å².